The molecule has 0 unspecified atom stereocenters. The molecule has 6 nitrogen and oxygen atoms in total. The lowest BCUT2D eigenvalue weighted by atomic mass is 9.92. The molecule has 114 valence electrons. The number of para-hydroxylation sites is 1. The predicted molar refractivity (Wildman–Crippen MR) is 81.1 cm³/mol. The van der Waals surface area contributed by atoms with Crippen molar-refractivity contribution >= 4 is 15.8 Å². The summed E-state index contributed by atoms with van der Waals surface area (Å²) in [5, 5.41) is 6.83. The minimum Gasteiger partial charge on any atom is -0.495 e. The molecule has 0 saturated carbocycles. The van der Waals surface area contributed by atoms with E-state index in [1.807, 2.05) is 20.8 Å². The monoisotopic (exact) mass is 309 g/mol. The fraction of sp³-hybridized carbons (Fsp3) is 0.357. The van der Waals surface area contributed by atoms with Gasteiger partial charge in [-0.1, -0.05) is 32.9 Å². The largest absolute Gasteiger partial charge is 0.495 e. The van der Waals surface area contributed by atoms with Crippen LogP contribution in [0, 0.1) is 0 Å². The van der Waals surface area contributed by atoms with Gasteiger partial charge < -0.3 is 4.74 Å². The molecule has 1 aromatic carbocycles. The Hall–Kier alpha value is -2.02. The van der Waals surface area contributed by atoms with E-state index >= 15 is 0 Å². The van der Waals surface area contributed by atoms with Gasteiger partial charge in [0, 0.05) is 17.2 Å². The smallest absolute Gasteiger partial charge is 0.266 e. The fourth-order valence-electron chi connectivity index (χ4n) is 1.79. The van der Waals surface area contributed by atoms with Gasteiger partial charge in [0.25, 0.3) is 10.0 Å². The van der Waals surface area contributed by atoms with Crippen LogP contribution in [0.3, 0.4) is 0 Å². The molecule has 2 aromatic rings. The van der Waals surface area contributed by atoms with Gasteiger partial charge in [-0.2, -0.15) is 5.10 Å². The lowest BCUT2D eigenvalue weighted by Gasteiger charge is -2.14. The van der Waals surface area contributed by atoms with Crippen LogP contribution in [-0.2, 0) is 15.4 Å². The van der Waals surface area contributed by atoms with E-state index in [9.17, 15) is 8.42 Å². The summed E-state index contributed by atoms with van der Waals surface area (Å²) in [5.74, 6) is 0.544. The third-order valence-corrected chi connectivity index (χ3v) is 4.38. The maximum atomic E-state index is 12.4. The molecule has 0 fully saturated rings. The summed E-state index contributed by atoms with van der Waals surface area (Å²) in [6, 6.07) is 8.12. The molecule has 0 aliphatic carbocycles. The third-order valence-electron chi connectivity index (χ3n) is 2.98. The number of H-pyrrole nitrogens is 1. The van der Waals surface area contributed by atoms with E-state index in [1.54, 1.807) is 24.3 Å². The SMILES string of the molecule is COc1ccccc1S(=O)(=O)Nc1cc(C(C)(C)C)[nH]n1. The van der Waals surface area contributed by atoms with Gasteiger partial charge in [0.15, 0.2) is 5.82 Å². The van der Waals surface area contributed by atoms with Gasteiger partial charge in [0.2, 0.25) is 0 Å². The first-order valence-corrected chi connectivity index (χ1v) is 7.94. The second-order valence-electron chi connectivity index (χ2n) is 5.67. The number of benzene rings is 1. The molecule has 0 bridgehead atoms. The van der Waals surface area contributed by atoms with Crippen LogP contribution in [0.4, 0.5) is 5.82 Å². The zero-order valence-electron chi connectivity index (χ0n) is 12.5. The average molecular weight is 309 g/mol. The van der Waals surface area contributed by atoms with Crippen molar-refractivity contribution in [2.45, 2.75) is 31.1 Å². The van der Waals surface area contributed by atoms with Crippen molar-refractivity contribution in [3.63, 3.8) is 0 Å². The van der Waals surface area contributed by atoms with Crippen LogP contribution in [0.15, 0.2) is 35.2 Å². The number of ether oxygens (including phenoxy) is 1. The zero-order valence-corrected chi connectivity index (χ0v) is 13.3. The molecule has 1 heterocycles. The first-order chi connectivity index (χ1) is 9.74. The Labute approximate surface area is 124 Å². The van der Waals surface area contributed by atoms with Gasteiger partial charge in [-0.25, -0.2) is 8.42 Å². The number of aromatic amines is 1. The Kier molecular flexibility index (Phi) is 3.95. The molecule has 0 atom stereocenters. The Balaban J connectivity index is 2.32. The van der Waals surface area contributed by atoms with E-state index in [1.165, 1.54) is 13.2 Å². The Morgan fingerprint density at radius 2 is 1.90 bits per heavy atom. The number of hydrogen-bond acceptors (Lipinski definition) is 4. The molecule has 21 heavy (non-hydrogen) atoms. The highest BCUT2D eigenvalue weighted by atomic mass is 32.2. The highest BCUT2D eigenvalue weighted by molar-refractivity contribution is 7.92. The number of sulfonamides is 1. The highest BCUT2D eigenvalue weighted by Gasteiger charge is 2.22. The van der Waals surface area contributed by atoms with Crippen LogP contribution < -0.4 is 9.46 Å². The maximum absolute atomic E-state index is 12.4. The second-order valence-corrected chi connectivity index (χ2v) is 7.32. The van der Waals surface area contributed by atoms with Gasteiger partial charge in [-0.3, -0.25) is 9.82 Å². The molecule has 0 aliphatic heterocycles. The van der Waals surface area contributed by atoms with Gasteiger partial charge in [0.05, 0.1) is 7.11 Å². The summed E-state index contributed by atoms with van der Waals surface area (Å²) in [7, 11) is -2.31. The van der Waals surface area contributed by atoms with Crippen LogP contribution in [0.25, 0.3) is 0 Å². The quantitative estimate of drug-likeness (QED) is 0.909. The number of nitrogens with zero attached hydrogens (tertiary/aromatic N) is 1. The third kappa shape index (κ3) is 3.36. The number of anilines is 1. The van der Waals surface area contributed by atoms with Crippen molar-refractivity contribution in [3.05, 3.63) is 36.0 Å². The number of methoxy groups -OCH3 is 1. The average Bonchev–Trinajstić information content (AvgIpc) is 2.86. The van der Waals surface area contributed by atoms with Crippen LogP contribution in [0.1, 0.15) is 26.5 Å². The van der Waals surface area contributed by atoms with Crippen LogP contribution >= 0.6 is 0 Å². The van der Waals surface area contributed by atoms with Crippen molar-refractivity contribution in [2.75, 3.05) is 11.8 Å². The van der Waals surface area contributed by atoms with Crippen LogP contribution in [0.2, 0.25) is 0 Å². The van der Waals surface area contributed by atoms with Gasteiger partial charge in [0.1, 0.15) is 10.6 Å². The van der Waals surface area contributed by atoms with Gasteiger partial charge >= 0.3 is 0 Å². The van der Waals surface area contributed by atoms with Crippen LogP contribution in [0.5, 0.6) is 5.75 Å². The molecule has 2 N–H and O–H groups in total. The zero-order chi connectivity index (χ0) is 15.7. The number of rotatable bonds is 4. The van der Waals surface area contributed by atoms with Crippen molar-refractivity contribution in [2.24, 2.45) is 0 Å². The molecule has 0 saturated heterocycles. The Morgan fingerprint density at radius 1 is 1.24 bits per heavy atom. The molecular weight excluding hydrogens is 290 g/mol. The summed E-state index contributed by atoms with van der Waals surface area (Å²) in [4.78, 5) is 0.0767. The van der Waals surface area contributed by atoms with Gasteiger partial charge in [-0.05, 0) is 12.1 Å². The molecule has 0 amide bonds. The minimum absolute atomic E-state index is 0.0767. The number of aromatic nitrogens is 2. The number of hydrogen-bond donors (Lipinski definition) is 2. The highest BCUT2D eigenvalue weighted by Crippen LogP contribution is 2.26. The summed E-state index contributed by atoms with van der Waals surface area (Å²) in [5.41, 5.74) is 0.710. The normalized spacial score (nSPS) is 12.2. The van der Waals surface area contributed by atoms with E-state index in [-0.39, 0.29) is 21.9 Å². The van der Waals surface area contributed by atoms with Gasteiger partial charge in [-0.15, -0.1) is 0 Å². The first-order valence-electron chi connectivity index (χ1n) is 6.46. The minimum atomic E-state index is -3.75. The van der Waals surface area contributed by atoms with E-state index < -0.39 is 10.0 Å². The Bertz CT molecular complexity index is 730. The van der Waals surface area contributed by atoms with Crippen molar-refractivity contribution in [3.8, 4) is 5.75 Å². The molecule has 0 radical (unpaired) electrons. The second kappa shape index (κ2) is 5.40. The maximum Gasteiger partial charge on any atom is 0.266 e. The molecule has 2 rings (SSSR count). The fourth-order valence-corrected chi connectivity index (χ4v) is 2.96. The molecule has 7 heteroatoms. The topological polar surface area (TPSA) is 84.1 Å². The predicted octanol–water partition coefficient (Wildman–Crippen LogP) is 2.52. The van der Waals surface area contributed by atoms with Crippen molar-refractivity contribution < 1.29 is 13.2 Å². The van der Waals surface area contributed by atoms with E-state index in [0.29, 0.717) is 0 Å². The Morgan fingerprint density at radius 3 is 2.48 bits per heavy atom. The van der Waals surface area contributed by atoms with E-state index in [0.717, 1.165) is 5.69 Å². The molecule has 1 aromatic heterocycles. The standard InChI is InChI=1S/C14H19N3O3S/c1-14(2,3)12-9-13(16-15-12)17-21(18,19)11-8-6-5-7-10(11)20-4/h5-9H,1-4H3,(H2,15,16,17). The van der Waals surface area contributed by atoms with E-state index in [2.05, 4.69) is 14.9 Å². The van der Waals surface area contributed by atoms with Crippen molar-refractivity contribution in [1.82, 2.24) is 10.2 Å². The van der Waals surface area contributed by atoms with Crippen LogP contribution in [-0.4, -0.2) is 25.7 Å². The first kappa shape index (κ1) is 15.4. The summed E-state index contributed by atoms with van der Waals surface area (Å²) >= 11 is 0. The lowest BCUT2D eigenvalue weighted by Crippen LogP contribution is -2.14. The summed E-state index contributed by atoms with van der Waals surface area (Å²) < 4.78 is 32.3. The van der Waals surface area contributed by atoms with Crippen molar-refractivity contribution in [1.29, 1.82) is 0 Å². The molecule has 0 spiro atoms. The summed E-state index contributed by atoms with van der Waals surface area (Å²) in [6.07, 6.45) is 0. The number of nitrogens with one attached hydrogen (secondary N) is 2. The lowest BCUT2D eigenvalue weighted by molar-refractivity contribution is 0.403. The summed E-state index contributed by atoms with van der Waals surface area (Å²) in [6.45, 7) is 6.04. The molecular formula is C14H19N3O3S. The molecule has 0 aliphatic rings. The van der Waals surface area contributed by atoms with E-state index in [4.69, 9.17) is 4.74 Å².